The van der Waals surface area contributed by atoms with Crippen LogP contribution in [-0.2, 0) is 0 Å². The Morgan fingerprint density at radius 3 is 2.27 bits per heavy atom. The summed E-state index contributed by atoms with van der Waals surface area (Å²) in [5.41, 5.74) is 3.24. The Kier molecular flexibility index (Phi) is 8.29. The fraction of sp³-hybridized carbons (Fsp3) is 0.150. The van der Waals surface area contributed by atoms with Crippen LogP contribution in [0.3, 0.4) is 0 Å². The van der Waals surface area contributed by atoms with E-state index in [0.717, 1.165) is 16.8 Å². The third-order valence-corrected chi connectivity index (χ3v) is 3.47. The maximum Gasteiger partial charge on any atom is 0.234 e. The van der Waals surface area contributed by atoms with Gasteiger partial charge in [-0.2, -0.15) is 0 Å². The molecular weight excluding hydrogens is 318 g/mol. The van der Waals surface area contributed by atoms with Crippen molar-refractivity contribution in [3.8, 4) is 0 Å². The highest BCUT2D eigenvalue weighted by atomic mass is 15.3. The minimum Gasteiger partial charge on any atom is -0.262 e. The Hall–Kier alpha value is -2.88. The minimum atomic E-state index is 0.331. The molecule has 0 saturated heterocycles. The first-order chi connectivity index (χ1) is 12.5. The second-order valence-corrected chi connectivity index (χ2v) is 5.04. The van der Waals surface area contributed by atoms with E-state index in [4.69, 9.17) is 15.7 Å². The van der Waals surface area contributed by atoms with Gasteiger partial charge in [0.2, 0.25) is 5.96 Å². The number of hydrogen-bond acceptors (Lipinski definition) is 2. The van der Waals surface area contributed by atoms with Crippen LogP contribution in [0.25, 0.3) is 0 Å². The van der Waals surface area contributed by atoms with Crippen LogP contribution < -0.4 is 0 Å². The van der Waals surface area contributed by atoms with E-state index in [9.17, 15) is 0 Å². The van der Waals surface area contributed by atoms with Crippen LogP contribution in [0.5, 0.6) is 0 Å². The normalized spacial score (nSPS) is 19.8. The maximum atomic E-state index is 5.99. The standard InChI is InChI=1S/C20H22B2N4/c1-7-14(21)13-17-15(8-2)16(9-3)19(23-11-5)26(17)20(24-12-6)25-18(22)10-4/h7-13H,1-2,5H2,3-4,6H3/b14-13+,16-9-,18-10-,23-19?,24-12?,25-20?. The molecule has 0 fully saturated rings. The number of guanidine groups is 1. The summed E-state index contributed by atoms with van der Waals surface area (Å²) in [6.45, 7) is 16.8. The smallest absolute Gasteiger partial charge is 0.234 e. The van der Waals surface area contributed by atoms with Gasteiger partial charge in [-0.15, -0.1) is 0 Å². The van der Waals surface area contributed by atoms with E-state index in [1.807, 2.05) is 13.0 Å². The molecule has 4 nitrogen and oxygen atoms in total. The van der Waals surface area contributed by atoms with Gasteiger partial charge in [0.1, 0.15) is 21.5 Å². The summed E-state index contributed by atoms with van der Waals surface area (Å²) >= 11 is 0. The van der Waals surface area contributed by atoms with E-state index >= 15 is 0 Å². The Balaban J connectivity index is 3.89. The molecule has 1 aliphatic heterocycles. The van der Waals surface area contributed by atoms with Gasteiger partial charge >= 0.3 is 0 Å². The van der Waals surface area contributed by atoms with Crippen molar-refractivity contribution in [2.24, 2.45) is 15.0 Å². The van der Waals surface area contributed by atoms with E-state index in [1.54, 1.807) is 49.3 Å². The summed E-state index contributed by atoms with van der Waals surface area (Å²) in [4.78, 5) is 14.9. The van der Waals surface area contributed by atoms with E-state index in [0.29, 0.717) is 22.9 Å². The number of aliphatic imine (C=N–C) groups is 3. The minimum absolute atomic E-state index is 0.331. The van der Waals surface area contributed by atoms with Crippen LogP contribution >= 0.6 is 0 Å². The largest absolute Gasteiger partial charge is 0.262 e. The monoisotopic (exact) mass is 340 g/mol. The molecule has 0 aromatic carbocycles. The molecular formula is C20H22B2N4. The van der Waals surface area contributed by atoms with Crippen molar-refractivity contribution in [2.75, 3.05) is 0 Å². The van der Waals surface area contributed by atoms with Gasteiger partial charge in [-0.1, -0.05) is 49.5 Å². The summed E-state index contributed by atoms with van der Waals surface area (Å²) in [5, 5.41) is 0. The summed E-state index contributed by atoms with van der Waals surface area (Å²) in [6, 6.07) is 0. The predicted molar refractivity (Wildman–Crippen MR) is 116 cm³/mol. The fourth-order valence-electron chi connectivity index (χ4n) is 2.32. The lowest BCUT2D eigenvalue weighted by atomic mass is 9.94. The number of hydrogen-bond donors (Lipinski definition) is 0. The lowest BCUT2D eigenvalue weighted by Crippen LogP contribution is -2.32. The lowest BCUT2D eigenvalue weighted by molar-refractivity contribution is 0.782. The van der Waals surface area contributed by atoms with Crippen molar-refractivity contribution < 1.29 is 0 Å². The SMILES string of the molecule is [B]/C(C=C)=C/C1=C(C=C)C(=C/C)/C(=NC=C)N1C(N=CC)=N/C([B])=C\C. The van der Waals surface area contributed by atoms with Crippen LogP contribution in [0.2, 0.25) is 0 Å². The van der Waals surface area contributed by atoms with Crippen LogP contribution in [0.4, 0.5) is 0 Å². The zero-order chi connectivity index (χ0) is 19.7. The van der Waals surface area contributed by atoms with E-state index in [2.05, 4.69) is 34.7 Å². The molecule has 0 saturated carbocycles. The molecule has 0 spiro atoms. The third-order valence-electron chi connectivity index (χ3n) is 3.47. The van der Waals surface area contributed by atoms with Gasteiger partial charge in [0.25, 0.3) is 0 Å². The summed E-state index contributed by atoms with van der Waals surface area (Å²) in [5.74, 6) is 0.955. The molecule has 0 aromatic rings. The number of amidine groups is 1. The summed E-state index contributed by atoms with van der Waals surface area (Å²) in [7, 11) is 11.9. The lowest BCUT2D eigenvalue weighted by Gasteiger charge is -2.21. The van der Waals surface area contributed by atoms with Gasteiger partial charge in [0.05, 0.1) is 5.70 Å². The van der Waals surface area contributed by atoms with Crippen molar-refractivity contribution in [3.63, 3.8) is 0 Å². The van der Waals surface area contributed by atoms with Crippen LogP contribution in [0.1, 0.15) is 20.8 Å². The second kappa shape index (κ2) is 10.2. The van der Waals surface area contributed by atoms with E-state index in [1.165, 1.54) is 6.20 Å². The van der Waals surface area contributed by atoms with Crippen LogP contribution in [-0.4, -0.2) is 38.6 Å². The first kappa shape index (κ1) is 21.2. The Labute approximate surface area is 159 Å². The highest BCUT2D eigenvalue weighted by Crippen LogP contribution is 2.33. The molecule has 1 aliphatic rings. The highest BCUT2D eigenvalue weighted by Gasteiger charge is 2.33. The van der Waals surface area contributed by atoms with Gasteiger partial charge in [-0.05, 0) is 32.4 Å². The van der Waals surface area contributed by atoms with Crippen LogP contribution in [0.15, 0.2) is 99.2 Å². The number of nitrogens with zero attached hydrogens (tertiary/aromatic N) is 4. The fourth-order valence-corrected chi connectivity index (χ4v) is 2.32. The van der Waals surface area contributed by atoms with Gasteiger partial charge < -0.3 is 0 Å². The zero-order valence-corrected chi connectivity index (χ0v) is 15.6. The first-order valence-electron chi connectivity index (χ1n) is 8.10. The molecule has 0 bridgehead atoms. The second-order valence-electron chi connectivity index (χ2n) is 5.04. The molecule has 0 atom stereocenters. The molecule has 0 aromatic heterocycles. The van der Waals surface area contributed by atoms with E-state index in [-0.39, 0.29) is 0 Å². The molecule has 0 N–H and O–H groups in total. The number of allylic oxidation sites excluding steroid dienone is 6. The Morgan fingerprint density at radius 1 is 1.12 bits per heavy atom. The highest BCUT2D eigenvalue weighted by molar-refractivity contribution is 6.25. The Bertz CT molecular complexity index is 806. The molecule has 128 valence electrons. The summed E-state index contributed by atoms with van der Waals surface area (Å²) < 4.78 is 0. The third kappa shape index (κ3) is 4.60. The average molecular weight is 340 g/mol. The van der Waals surface area contributed by atoms with Crippen molar-refractivity contribution in [1.29, 1.82) is 0 Å². The predicted octanol–water partition coefficient (Wildman–Crippen LogP) is 3.95. The van der Waals surface area contributed by atoms with Gasteiger partial charge in [-0.3, -0.25) is 4.90 Å². The van der Waals surface area contributed by atoms with Gasteiger partial charge in [0.15, 0.2) is 0 Å². The molecule has 1 rings (SSSR count). The molecule has 0 amide bonds. The molecule has 0 unspecified atom stereocenters. The van der Waals surface area contributed by atoms with E-state index < -0.39 is 0 Å². The zero-order valence-electron chi connectivity index (χ0n) is 15.6. The van der Waals surface area contributed by atoms with Gasteiger partial charge in [-0.25, -0.2) is 15.0 Å². The molecule has 6 heteroatoms. The maximum absolute atomic E-state index is 5.99. The molecule has 26 heavy (non-hydrogen) atoms. The topological polar surface area (TPSA) is 40.3 Å². The molecule has 4 radical (unpaired) electrons. The van der Waals surface area contributed by atoms with Crippen molar-refractivity contribution >= 4 is 33.7 Å². The van der Waals surface area contributed by atoms with Gasteiger partial charge in [0, 0.05) is 23.6 Å². The van der Waals surface area contributed by atoms with Crippen molar-refractivity contribution in [3.05, 3.63) is 84.2 Å². The average Bonchev–Trinajstić information content (AvgIpc) is 2.93. The summed E-state index contributed by atoms with van der Waals surface area (Å²) in [6.07, 6.45) is 11.8. The van der Waals surface area contributed by atoms with Crippen LogP contribution in [0, 0.1) is 0 Å². The molecule has 0 aliphatic carbocycles. The number of rotatable bonds is 5. The van der Waals surface area contributed by atoms with Crippen molar-refractivity contribution in [1.82, 2.24) is 4.90 Å². The first-order valence-corrected chi connectivity index (χ1v) is 8.10. The Morgan fingerprint density at radius 2 is 1.81 bits per heavy atom. The van der Waals surface area contributed by atoms with Crippen molar-refractivity contribution in [2.45, 2.75) is 20.8 Å². The quantitative estimate of drug-likeness (QED) is 0.323. The molecule has 1 heterocycles.